The highest BCUT2D eigenvalue weighted by atomic mass is 19.1. The number of aromatic nitrogens is 2. The molecule has 2 aromatic rings. The molecule has 0 bridgehead atoms. The molecule has 6 heteroatoms. The molecular formula is C17H17FN4O. The number of benzene rings is 1. The van der Waals surface area contributed by atoms with E-state index in [0.29, 0.717) is 24.6 Å². The number of anilines is 1. The fraction of sp³-hybridized carbons (Fsp3) is 0.353. The van der Waals surface area contributed by atoms with Gasteiger partial charge in [0, 0.05) is 22.4 Å². The first kappa shape index (κ1) is 14.1. The molecule has 23 heavy (non-hydrogen) atoms. The van der Waals surface area contributed by atoms with Gasteiger partial charge in [-0.1, -0.05) is 12.1 Å². The smallest absolute Gasteiger partial charge is 0.248 e. The van der Waals surface area contributed by atoms with Crippen LogP contribution in [0.15, 0.2) is 24.3 Å². The number of hydrogen-bond donors (Lipinski definition) is 1. The summed E-state index contributed by atoms with van der Waals surface area (Å²) in [6, 6.07) is 7.14. The van der Waals surface area contributed by atoms with E-state index in [0.717, 1.165) is 41.8 Å². The number of aryl methyl sites for hydroxylation is 1. The van der Waals surface area contributed by atoms with Crippen molar-refractivity contribution in [2.75, 3.05) is 18.0 Å². The topological polar surface area (TPSA) is 72.1 Å². The SMILES string of the molecule is NC(=O)c1ccc(-c2nc(N3CC(F)C3)nc3c2CCC3)cc1. The van der Waals surface area contributed by atoms with E-state index in [2.05, 4.69) is 9.97 Å². The van der Waals surface area contributed by atoms with Crippen molar-refractivity contribution in [2.45, 2.75) is 25.4 Å². The highest BCUT2D eigenvalue weighted by Gasteiger charge is 2.30. The Morgan fingerprint density at radius 1 is 1.17 bits per heavy atom. The molecule has 1 aromatic carbocycles. The average Bonchev–Trinajstić information content (AvgIpc) is 2.99. The van der Waals surface area contributed by atoms with Crippen molar-refractivity contribution in [3.05, 3.63) is 41.1 Å². The Kier molecular flexibility index (Phi) is 3.25. The lowest BCUT2D eigenvalue weighted by Gasteiger charge is -2.34. The summed E-state index contributed by atoms with van der Waals surface area (Å²) < 4.78 is 13.1. The third-order valence-electron chi connectivity index (χ3n) is 4.48. The van der Waals surface area contributed by atoms with Crippen LogP contribution in [0, 0.1) is 0 Å². The minimum atomic E-state index is -0.787. The summed E-state index contributed by atoms with van der Waals surface area (Å²) in [7, 11) is 0. The molecule has 5 nitrogen and oxygen atoms in total. The van der Waals surface area contributed by atoms with E-state index in [1.54, 1.807) is 12.1 Å². The molecule has 1 fully saturated rings. The van der Waals surface area contributed by atoms with Crippen LogP contribution in [0.2, 0.25) is 0 Å². The highest BCUT2D eigenvalue weighted by molar-refractivity contribution is 5.93. The molecule has 2 aliphatic rings. The minimum absolute atomic E-state index is 0.360. The number of alkyl halides is 1. The quantitative estimate of drug-likeness (QED) is 0.939. The van der Waals surface area contributed by atoms with Crippen LogP contribution in [0.5, 0.6) is 0 Å². The maximum atomic E-state index is 13.1. The number of rotatable bonds is 3. The Morgan fingerprint density at radius 3 is 2.57 bits per heavy atom. The molecule has 1 aliphatic heterocycles. The van der Waals surface area contributed by atoms with E-state index in [1.807, 2.05) is 17.0 Å². The molecule has 0 unspecified atom stereocenters. The predicted octanol–water partition coefficient (Wildman–Crippen LogP) is 1.89. The summed E-state index contributed by atoms with van der Waals surface area (Å²) in [6.07, 6.45) is 2.16. The number of amides is 1. The van der Waals surface area contributed by atoms with Gasteiger partial charge in [-0.25, -0.2) is 14.4 Å². The van der Waals surface area contributed by atoms with Gasteiger partial charge < -0.3 is 10.6 Å². The number of nitrogens with two attached hydrogens (primary N) is 1. The lowest BCUT2D eigenvalue weighted by atomic mass is 10.0. The lowest BCUT2D eigenvalue weighted by Crippen LogP contribution is -2.49. The van der Waals surface area contributed by atoms with Gasteiger partial charge >= 0.3 is 0 Å². The molecule has 2 N–H and O–H groups in total. The van der Waals surface area contributed by atoms with Crippen LogP contribution in [0.25, 0.3) is 11.3 Å². The second-order valence-electron chi connectivity index (χ2n) is 6.09. The molecule has 1 saturated heterocycles. The summed E-state index contributed by atoms with van der Waals surface area (Å²) in [5.74, 6) is 0.160. The van der Waals surface area contributed by atoms with Gasteiger partial charge in [0.2, 0.25) is 11.9 Å². The molecule has 118 valence electrons. The number of carbonyl (C=O) groups is 1. The standard InChI is InChI=1S/C17H17FN4O/c18-12-8-22(9-12)17-20-14-3-1-2-13(14)15(21-17)10-4-6-11(7-5-10)16(19)23/h4-7,12H,1-3,8-9H2,(H2,19,23). The van der Waals surface area contributed by atoms with E-state index < -0.39 is 12.1 Å². The Balaban J connectivity index is 1.76. The van der Waals surface area contributed by atoms with Crippen LogP contribution in [0.1, 0.15) is 28.0 Å². The largest absolute Gasteiger partial charge is 0.366 e. The highest BCUT2D eigenvalue weighted by Crippen LogP contribution is 2.33. The van der Waals surface area contributed by atoms with Crippen LogP contribution in [-0.2, 0) is 12.8 Å². The van der Waals surface area contributed by atoms with Gasteiger partial charge in [-0.05, 0) is 31.4 Å². The van der Waals surface area contributed by atoms with Gasteiger partial charge in [-0.2, -0.15) is 0 Å². The zero-order valence-electron chi connectivity index (χ0n) is 12.6. The number of nitrogens with zero attached hydrogens (tertiary/aromatic N) is 3. The van der Waals surface area contributed by atoms with Crippen molar-refractivity contribution in [2.24, 2.45) is 5.73 Å². The van der Waals surface area contributed by atoms with Gasteiger partial charge in [-0.3, -0.25) is 4.79 Å². The Labute approximate surface area is 133 Å². The molecule has 0 saturated carbocycles. The van der Waals surface area contributed by atoms with E-state index >= 15 is 0 Å². The summed E-state index contributed by atoms with van der Waals surface area (Å²) in [4.78, 5) is 22.4. The Morgan fingerprint density at radius 2 is 1.91 bits per heavy atom. The van der Waals surface area contributed by atoms with Crippen molar-refractivity contribution in [3.63, 3.8) is 0 Å². The lowest BCUT2D eigenvalue weighted by molar-refractivity contribution is 0.100. The fourth-order valence-corrected chi connectivity index (χ4v) is 3.18. The minimum Gasteiger partial charge on any atom is -0.366 e. The maximum absolute atomic E-state index is 13.1. The van der Waals surface area contributed by atoms with Crippen LogP contribution in [-0.4, -0.2) is 35.1 Å². The van der Waals surface area contributed by atoms with E-state index in [1.165, 1.54) is 0 Å². The number of fused-ring (bicyclic) bond motifs is 1. The zero-order valence-corrected chi connectivity index (χ0v) is 12.6. The number of halogens is 1. The summed E-state index contributed by atoms with van der Waals surface area (Å²) >= 11 is 0. The molecular weight excluding hydrogens is 295 g/mol. The maximum Gasteiger partial charge on any atom is 0.248 e. The molecule has 0 atom stereocenters. The third kappa shape index (κ3) is 2.44. The van der Waals surface area contributed by atoms with Gasteiger partial charge in [0.15, 0.2) is 0 Å². The molecule has 0 radical (unpaired) electrons. The zero-order chi connectivity index (χ0) is 16.0. The Bertz CT molecular complexity index is 769. The predicted molar refractivity (Wildman–Crippen MR) is 85.1 cm³/mol. The summed E-state index contributed by atoms with van der Waals surface area (Å²) in [5.41, 5.74) is 9.82. The number of hydrogen-bond acceptors (Lipinski definition) is 4. The van der Waals surface area contributed by atoms with E-state index in [4.69, 9.17) is 5.73 Å². The average molecular weight is 312 g/mol. The Hall–Kier alpha value is -2.50. The second-order valence-corrected chi connectivity index (χ2v) is 6.09. The van der Waals surface area contributed by atoms with Crippen LogP contribution in [0.4, 0.5) is 10.3 Å². The van der Waals surface area contributed by atoms with E-state index in [-0.39, 0.29) is 0 Å². The first-order valence-electron chi connectivity index (χ1n) is 7.81. The molecule has 1 aliphatic carbocycles. The van der Waals surface area contributed by atoms with Crippen molar-refractivity contribution in [1.29, 1.82) is 0 Å². The molecule has 0 spiro atoms. The molecule has 1 aromatic heterocycles. The van der Waals surface area contributed by atoms with Gasteiger partial charge in [0.1, 0.15) is 6.17 Å². The van der Waals surface area contributed by atoms with Gasteiger partial charge in [0.25, 0.3) is 0 Å². The van der Waals surface area contributed by atoms with Crippen molar-refractivity contribution in [3.8, 4) is 11.3 Å². The summed E-state index contributed by atoms with van der Waals surface area (Å²) in [5, 5.41) is 0. The van der Waals surface area contributed by atoms with Crippen LogP contribution < -0.4 is 10.6 Å². The normalized spacial score (nSPS) is 17.0. The molecule has 2 heterocycles. The number of primary amides is 1. The van der Waals surface area contributed by atoms with Crippen molar-refractivity contribution < 1.29 is 9.18 Å². The third-order valence-corrected chi connectivity index (χ3v) is 4.48. The van der Waals surface area contributed by atoms with Gasteiger partial charge in [0.05, 0.1) is 18.8 Å². The fourth-order valence-electron chi connectivity index (χ4n) is 3.18. The summed E-state index contributed by atoms with van der Waals surface area (Å²) in [6.45, 7) is 0.720. The van der Waals surface area contributed by atoms with Gasteiger partial charge in [-0.15, -0.1) is 0 Å². The molecule has 1 amide bonds. The van der Waals surface area contributed by atoms with Crippen LogP contribution in [0.3, 0.4) is 0 Å². The number of carbonyl (C=O) groups excluding carboxylic acids is 1. The van der Waals surface area contributed by atoms with Crippen molar-refractivity contribution in [1.82, 2.24) is 9.97 Å². The first-order valence-corrected chi connectivity index (χ1v) is 7.81. The first-order chi connectivity index (χ1) is 11.1. The molecule has 4 rings (SSSR count). The van der Waals surface area contributed by atoms with E-state index in [9.17, 15) is 9.18 Å². The van der Waals surface area contributed by atoms with Crippen LogP contribution >= 0.6 is 0 Å². The monoisotopic (exact) mass is 312 g/mol. The van der Waals surface area contributed by atoms with Crippen molar-refractivity contribution >= 4 is 11.9 Å². The second kappa shape index (κ2) is 5.30.